The van der Waals surface area contributed by atoms with Crippen molar-refractivity contribution in [1.82, 2.24) is 4.57 Å². The lowest BCUT2D eigenvalue weighted by molar-refractivity contribution is -0.128. The number of aromatic hydroxyl groups is 1. The minimum Gasteiger partial charge on any atom is -0.493 e. The van der Waals surface area contributed by atoms with Gasteiger partial charge in [0.25, 0.3) is 0 Å². The van der Waals surface area contributed by atoms with Crippen LogP contribution >= 0.6 is 34.9 Å². The molecule has 3 aliphatic carbocycles. The number of benzene rings is 1. The van der Waals surface area contributed by atoms with Crippen molar-refractivity contribution in [2.45, 2.75) is 69.7 Å². The minimum absolute atomic E-state index is 0.0731. The van der Waals surface area contributed by atoms with E-state index in [9.17, 15) is 14.7 Å². The Balaban J connectivity index is 1.21. The standard InChI is InChI=1S/C30H29NO4S3/c32-27-21-10-8-18(17-4-2-1-3-5-17)14-23(21)35-29(34)26(27)24-11-9-20(37-24)15-25-28(33)31(30(36)38-25)22-13-16-6-7-19(22)12-16/h8-11,14-17,19,22,33H,1-7,12-13H2. The molecule has 3 heterocycles. The summed E-state index contributed by atoms with van der Waals surface area (Å²) < 4.78 is 9.77. The van der Waals surface area contributed by atoms with Gasteiger partial charge in [-0.05, 0) is 98.0 Å². The molecule has 4 aliphatic rings. The lowest BCUT2D eigenvalue weighted by Crippen LogP contribution is -2.28. The lowest BCUT2D eigenvalue weighted by Gasteiger charge is -2.24. The molecule has 196 valence electrons. The number of rotatable bonds is 3. The SMILES string of the molecule is O=C1Oc2cc(C3CCCCC3)ccc2C(=O)C1=c1ccc(=Cc2sc(=S)n(C3CC4CCC3C4)c2O)s1. The number of carbonyl (C=O) groups excluding carboxylic acids is 2. The number of aromatic nitrogens is 1. The Morgan fingerprint density at radius 1 is 1.00 bits per heavy atom. The molecule has 1 aromatic carbocycles. The summed E-state index contributed by atoms with van der Waals surface area (Å²) in [5.74, 6) is 1.55. The average molecular weight is 564 g/mol. The molecule has 7 rings (SSSR count). The first-order chi connectivity index (χ1) is 18.5. The molecule has 8 heteroatoms. The fraction of sp³-hybridized carbons (Fsp3) is 0.433. The molecular formula is C30H29NO4S3. The molecule has 3 unspecified atom stereocenters. The van der Waals surface area contributed by atoms with Gasteiger partial charge in [0.2, 0.25) is 11.7 Å². The number of ketones is 1. The van der Waals surface area contributed by atoms with E-state index in [1.165, 1.54) is 61.2 Å². The first-order valence-corrected chi connectivity index (χ1v) is 15.7. The Morgan fingerprint density at radius 3 is 2.61 bits per heavy atom. The average Bonchev–Trinajstić information content (AvgIpc) is 3.70. The Labute approximate surface area is 234 Å². The van der Waals surface area contributed by atoms with E-state index in [2.05, 4.69) is 0 Å². The molecule has 0 amide bonds. The minimum atomic E-state index is -0.599. The van der Waals surface area contributed by atoms with Gasteiger partial charge in [0.15, 0.2) is 3.95 Å². The van der Waals surface area contributed by atoms with Crippen molar-refractivity contribution in [2.24, 2.45) is 11.8 Å². The first-order valence-electron chi connectivity index (χ1n) is 13.6. The number of fused-ring (bicyclic) bond motifs is 3. The van der Waals surface area contributed by atoms with Gasteiger partial charge in [-0.25, -0.2) is 4.79 Å². The van der Waals surface area contributed by atoms with Crippen molar-refractivity contribution in [1.29, 1.82) is 0 Å². The van der Waals surface area contributed by atoms with E-state index in [0.717, 1.165) is 35.3 Å². The molecule has 1 aliphatic heterocycles. The zero-order valence-corrected chi connectivity index (χ0v) is 23.4. The maximum absolute atomic E-state index is 13.4. The highest BCUT2D eigenvalue weighted by atomic mass is 32.1. The van der Waals surface area contributed by atoms with Crippen molar-refractivity contribution in [2.75, 3.05) is 0 Å². The Kier molecular flexibility index (Phi) is 6.17. The van der Waals surface area contributed by atoms with E-state index in [1.807, 2.05) is 34.9 Å². The normalized spacial score (nSPS) is 27.2. The van der Waals surface area contributed by atoms with Gasteiger partial charge in [-0.1, -0.05) is 31.7 Å². The van der Waals surface area contributed by atoms with Gasteiger partial charge in [-0.15, -0.1) is 22.7 Å². The highest BCUT2D eigenvalue weighted by molar-refractivity contribution is 7.73. The lowest BCUT2D eigenvalue weighted by atomic mass is 9.83. The van der Waals surface area contributed by atoms with Crippen molar-refractivity contribution < 1.29 is 19.4 Å². The third-order valence-electron chi connectivity index (χ3n) is 8.98. The summed E-state index contributed by atoms with van der Waals surface area (Å²) in [6, 6.07) is 9.69. The highest BCUT2D eigenvalue weighted by Crippen LogP contribution is 2.52. The third kappa shape index (κ3) is 4.12. The summed E-state index contributed by atoms with van der Waals surface area (Å²) in [6.45, 7) is 0. The molecule has 38 heavy (non-hydrogen) atoms. The van der Waals surface area contributed by atoms with Crippen LogP contribution in [-0.2, 0) is 4.79 Å². The van der Waals surface area contributed by atoms with Crippen LogP contribution in [0.2, 0.25) is 0 Å². The molecule has 3 fully saturated rings. The Morgan fingerprint density at radius 2 is 1.84 bits per heavy atom. The molecular weight excluding hydrogens is 535 g/mol. The number of esters is 1. The quantitative estimate of drug-likeness (QED) is 0.232. The summed E-state index contributed by atoms with van der Waals surface area (Å²) >= 11 is 8.41. The molecule has 3 aromatic rings. The van der Waals surface area contributed by atoms with E-state index in [-0.39, 0.29) is 17.2 Å². The van der Waals surface area contributed by atoms with Crippen molar-refractivity contribution >= 4 is 58.3 Å². The summed E-state index contributed by atoms with van der Waals surface area (Å²) in [7, 11) is 0. The predicted molar refractivity (Wildman–Crippen MR) is 152 cm³/mol. The number of hydrogen-bond acceptors (Lipinski definition) is 7. The molecule has 5 nitrogen and oxygen atoms in total. The number of hydrogen-bond donors (Lipinski definition) is 1. The van der Waals surface area contributed by atoms with Crippen LogP contribution in [0.5, 0.6) is 11.6 Å². The van der Waals surface area contributed by atoms with Crippen LogP contribution in [-0.4, -0.2) is 21.4 Å². The Bertz CT molecular complexity index is 1640. The number of carbonyl (C=O) groups is 2. The zero-order valence-electron chi connectivity index (χ0n) is 21.0. The van der Waals surface area contributed by atoms with Crippen LogP contribution in [0.15, 0.2) is 30.3 Å². The number of thiazole rings is 1. The maximum Gasteiger partial charge on any atom is 0.349 e. The van der Waals surface area contributed by atoms with Crippen LogP contribution in [0.25, 0.3) is 11.6 Å². The molecule has 0 radical (unpaired) electrons. The Hall–Kier alpha value is -2.55. The van der Waals surface area contributed by atoms with Crippen molar-refractivity contribution in [3.63, 3.8) is 0 Å². The molecule has 3 atom stereocenters. The monoisotopic (exact) mass is 563 g/mol. The van der Waals surface area contributed by atoms with Crippen molar-refractivity contribution in [3.8, 4) is 11.6 Å². The number of nitrogens with zero attached hydrogens (tertiary/aromatic N) is 1. The number of ether oxygens (including phenoxy) is 1. The van der Waals surface area contributed by atoms with Gasteiger partial charge in [-0.3, -0.25) is 9.36 Å². The smallest absolute Gasteiger partial charge is 0.349 e. The number of Topliss-reactive ketones (excluding diaryl/α,β-unsaturated/α-hetero) is 1. The van der Waals surface area contributed by atoms with Gasteiger partial charge in [0.1, 0.15) is 11.3 Å². The molecule has 2 aromatic heterocycles. The second-order valence-corrected chi connectivity index (χ2v) is 14.0. The van der Waals surface area contributed by atoms with Gasteiger partial charge >= 0.3 is 5.97 Å². The van der Waals surface area contributed by atoms with Crippen LogP contribution < -0.4 is 13.8 Å². The van der Waals surface area contributed by atoms with Crippen LogP contribution in [0.4, 0.5) is 0 Å². The van der Waals surface area contributed by atoms with Gasteiger partial charge in [0, 0.05) is 15.1 Å². The van der Waals surface area contributed by atoms with E-state index in [4.69, 9.17) is 17.0 Å². The zero-order chi connectivity index (χ0) is 26.0. The second kappa shape index (κ2) is 9.57. The maximum atomic E-state index is 13.4. The first kappa shape index (κ1) is 24.5. The second-order valence-electron chi connectivity index (χ2n) is 11.2. The van der Waals surface area contributed by atoms with E-state index < -0.39 is 5.97 Å². The third-order valence-corrected chi connectivity index (χ3v) is 11.4. The fourth-order valence-corrected chi connectivity index (χ4v) is 9.52. The highest BCUT2D eigenvalue weighted by Gasteiger charge is 2.41. The summed E-state index contributed by atoms with van der Waals surface area (Å²) in [5.41, 5.74) is 1.67. The predicted octanol–water partition coefficient (Wildman–Crippen LogP) is 6.24. The molecule has 0 saturated heterocycles. The largest absolute Gasteiger partial charge is 0.493 e. The summed E-state index contributed by atoms with van der Waals surface area (Å²) in [6.07, 6.45) is 12.7. The molecule has 0 spiro atoms. The molecule has 1 N–H and O–H groups in total. The number of thiophene rings is 1. The van der Waals surface area contributed by atoms with E-state index >= 15 is 0 Å². The van der Waals surface area contributed by atoms with E-state index in [1.54, 1.807) is 6.07 Å². The fourth-order valence-electron chi connectivity index (χ4n) is 7.09. The molecule has 3 saturated carbocycles. The van der Waals surface area contributed by atoms with Gasteiger partial charge in [-0.2, -0.15) is 0 Å². The topological polar surface area (TPSA) is 68.5 Å². The van der Waals surface area contributed by atoms with Crippen LogP contribution in [0.3, 0.4) is 0 Å². The van der Waals surface area contributed by atoms with E-state index in [0.29, 0.717) is 42.6 Å². The molecule has 2 bridgehead atoms. The summed E-state index contributed by atoms with van der Waals surface area (Å²) in [4.78, 5) is 27.1. The van der Waals surface area contributed by atoms with Gasteiger partial charge in [0.05, 0.1) is 10.4 Å². The van der Waals surface area contributed by atoms with Crippen molar-refractivity contribution in [3.05, 3.63) is 59.4 Å². The van der Waals surface area contributed by atoms with Crippen LogP contribution in [0.1, 0.15) is 90.5 Å². The van der Waals surface area contributed by atoms with Gasteiger partial charge < -0.3 is 9.84 Å². The summed E-state index contributed by atoms with van der Waals surface area (Å²) in [5, 5.41) is 11.1. The van der Waals surface area contributed by atoms with Crippen LogP contribution in [0, 0.1) is 15.8 Å².